The van der Waals surface area contributed by atoms with Gasteiger partial charge in [-0.2, -0.15) is 0 Å². The fraction of sp³-hybridized carbons (Fsp3) is 0.750. The van der Waals surface area contributed by atoms with Gasteiger partial charge in [-0.25, -0.2) is 4.79 Å². The summed E-state index contributed by atoms with van der Waals surface area (Å²) in [5, 5.41) is 2.28. The Bertz CT molecular complexity index is 238. The smallest absolute Gasteiger partial charge is 0.312 e. The summed E-state index contributed by atoms with van der Waals surface area (Å²) in [6.45, 7) is 4.77. The number of hydrogen-bond donors (Lipinski definition) is 2. The van der Waals surface area contributed by atoms with E-state index in [1.807, 2.05) is 13.8 Å². The predicted molar refractivity (Wildman–Crippen MR) is 48.0 cm³/mol. The summed E-state index contributed by atoms with van der Waals surface area (Å²) < 4.78 is 0. The highest BCUT2D eigenvalue weighted by Crippen LogP contribution is 2.28. The largest absolute Gasteiger partial charge is 0.352 e. The molecule has 5 heteroatoms. The first-order valence-electron chi connectivity index (χ1n) is 4.27. The van der Waals surface area contributed by atoms with Gasteiger partial charge in [-0.1, -0.05) is 0 Å². The summed E-state index contributed by atoms with van der Waals surface area (Å²) in [7, 11) is 0. The Morgan fingerprint density at radius 1 is 1.54 bits per heavy atom. The monoisotopic (exact) mass is 185 g/mol. The Labute approximate surface area is 77.3 Å². The molecule has 0 unspecified atom stereocenters. The van der Waals surface area contributed by atoms with Crippen LogP contribution >= 0.6 is 0 Å². The van der Waals surface area contributed by atoms with Gasteiger partial charge in [0.1, 0.15) is 0 Å². The van der Waals surface area contributed by atoms with Crippen LogP contribution in [0.5, 0.6) is 0 Å². The van der Waals surface area contributed by atoms with Gasteiger partial charge in [0.2, 0.25) is 5.91 Å². The van der Waals surface area contributed by atoms with E-state index in [4.69, 9.17) is 5.73 Å². The third kappa shape index (κ3) is 2.11. The fourth-order valence-electron chi connectivity index (χ4n) is 1.39. The van der Waals surface area contributed by atoms with Crippen molar-refractivity contribution in [3.63, 3.8) is 0 Å². The second-order valence-corrected chi connectivity index (χ2v) is 3.83. The molecule has 74 valence electrons. The van der Waals surface area contributed by atoms with Crippen molar-refractivity contribution in [3.8, 4) is 0 Å². The van der Waals surface area contributed by atoms with Crippen molar-refractivity contribution in [3.05, 3.63) is 0 Å². The van der Waals surface area contributed by atoms with Gasteiger partial charge in [-0.15, -0.1) is 0 Å². The lowest BCUT2D eigenvalue weighted by molar-refractivity contribution is -0.143. The fourth-order valence-corrected chi connectivity index (χ4v) is 1.39. The number of carbonyl (C=O) groups is 2. The zero-order chi connectivity index (χ0) is 10.1. The minimum absolute atomic E-state index is 0.00123. The van der Waals surface area contributed by atoms with Gasteiger partial charge in [0.15, 0.2) is 0 Å². The van der Waals surface area contributed by atoms with Crippen molar-refractivity contribution in [2.75, 3.05) is 13.1 Å². The van der Waals surface area contributed by atoms with E-state index in [0.29, 0.717) is 0 Å². The second kappa shape index (κ2) is 3.24. The quantitative estimate of drug-likeness (QED) is 0.618. The molecular formula is C8H15N3O2. The first-order chi connectivity index (χ1) is 5.93. The summed E-state index contributed by atoms with van der Waals surface area (Å²) >= 11 is 0. The van der Waals surface area contributed by atoms with Crippen LogP contribution in [-0.4, -0.2) is 35.5 Å². The SMILES string of the molecule is CC1(C)CCN1C(=O)CNC(N)=O. The minimum atomic E-state index is -0.660. The molecule has 0 aliphatic carbocycles. The van der Waals surface area contributed by atoms with E-state index in [9.17, 15) is 9.59 Å². The lowest BCUT2D eigenvalue weighted by Crippen LogP contribution is -2.60. The van der Waals surface area contributed by atoms with Gasteiger partial charge in [0.25, 0.3) is 0 Å². The van der Waals surface area contributed by atoms with E-state index < -0.39 is 6.03 Å². The van der Waals surface area contributed by atoms with Crippen LogP contribution in [0, 0.1) is 0 Å². The molecule has 0 bridgehead atoms. The molecule has 0 radical (unpaired) electrons. The minimum Gasteiger partial charge on any atom is -0.352 e. The molecule has 0 spiro atoms. The molecule has 0 atom stereocenters. The summed E-state index contributed by atoms with van der Waals surface area (Å²) in [5.41, 5.74) is 4.79. The van der Waals surface area contributed by atoms with Crippen LogP contribution in [0.15, 0.2) is 0 Å². The van der Waals surface area contributed by atoms with Gasteiger partial charge in [-0.05, 0) is 20.3 Å². The lowest BCUT2D eigenvalue weighted by Gasteiger charge is -2.48. The number of hydrogen-bond acceptors (Lipinski definition) is 2. The molecule has 3 amide bonds. The molecule has 0 saturated carbocycles. The van der Waals surface area contributed by atoms with Crippen molar-refractivity contribution < 1.29 is 9.59 Å². The third-order valence-corrected chi connectivity index (χ3v) is 2.39. The van der Waals surface area contributed by atoms with E-state index in [2.05, 4.69) is 5.32 Å². The molecule has 0 aromatic heterocycles. The van der Waals surface area contributed by atoms with E-state index in [-0.39, 0.29) is 18.0 Å². The number of nitrogens with two attached hydrogens (primary N) is 1. The molecule has 0 aromatic carbocycles. The Morgan fingerprint density at radius 3 is 2.46 bits per heavy atom. The van der Waals surface area contributed by atoms with Gasteiger partial charge >= 0.3 is 6.03 Å². The number of primary amides is 1. The van der Waals surface area contributed by atoms with Gasteiger partial charge in [-0.3, -0.25) is 4.79 Å². The maximum atomic E-state index is 11.4. The average molecular weight is 185 g/mol. The highest BCUT2D eigenvalue weighted by Gasteiger charge is 2.38. The average Bonchev–Trinajstić information content (AvgIpc) is 1.99. The number of likely N-dealkylation sites (tertiary alicyclic amines) is 1. The molecule has 0 aromatic rings. The first kappa shape index (κ1) is 9.83. The molecule has 1 saturated heterocycles. The highest BCUT2D eigenvalue weighted by atomic mass is 16.2. The van der Waals surface area contributed by atoms with E-state index >= 15 is 0 Å². The number of nitrogens with zero attached hydrogens (tertiary/aromatic N) is 1. The van der Waals surface area contributed by atoms with Crippen LogP contribution in [0.3, 0.4) is 0 Å². The van der Waals surface area contributed by atoms with E-state index in [1.165, 1.54) is 0 Å². The molecule has 1 heterocycles. The van der Waals surface area contributed by atoms with Gasteiger partial charge < -0.3 is 16.0 Å². The number of carbonyl (C=O) groups excluding carboxylic acids is 2. The van der Waals surface area contributed by atoms with Crippen molar-refractivity contribution in [1.29, 1.82) is 0 Å². The van der Waals surface area contributed by atoms with Crippen molar-refractivity contribution in [2.24, 2.45) is 5.73 Å². The summed E-state index contributed by atoms with van der Waals surface area (Å²) in [6, 6.07) is -0.660. The Morgan fingerprint density at radius 2 is 2.15 bits per heavy atom. The zero-order valence-corrected chi connectivity index (χ0v) is 7.96. The van der Waals surface area contributed by atoms with Crippen LogP contribution in [0.25, 0.3) is 0 Å². The van der Waals surface area contributed by atoms with Crippen molar-refractivity contribution in [1.82, 2.24) is 10.2 Å². The molecule has 5 nitrogen and oxygen atoms in total. The second-order valence-electron chi connectivity index (χ2n) is 3.83. The molecule has 13 heavy (non-hydrogen) atoms. The lowest BCUT2D eigenvalue weighted by atomic mass is 9.89. The molecule has 1 fully saturated rings. The van der Waals surface area contributed by atoms with E-state index in [1.54, 1.807) is 4.90 Å². The van der Waals surface area contributed by atoms with Gasteiger partial charge in [0.05, 0.1) is 6.54 Å². The predicted octanol–water partition coefficient (Wildman–Crippen LogP) is -0.334. The maximum absolute atomic E-state index is 11.4. The molecule has 3 N–H and O–H groups in total. The normalized spacial score (nSPS) is 19.1. The first-order valence-corrected chi connectivity index (χ1v) is 4.27. The van der Waals surface area contributed by atoms with Crippen LogP contribution in [0.1, 0.15) is 20.3 Å². The third-order valence-electron chi connectivity index (χ3n) is 2.39. The summed E-state index contributed by atoms with van der Waals surface area (Å²) in [6.07, 6.45) is 1.01. The summed E-state index contributed by atoms with van der Waals surface area (Å²) in [4.78, 5) is 23.5. The Hall–Kier alpha value is -1.26. The number of amides is 3. The molecule has 1 aliphatic rings. The van der Waals surface area contributed by atoms with Crippen molar-refractivity contribution >= 4 is 11.9 Å². The van der Waals surface area contributed by atoms with Gasteiger partial charge in [0, 0.05) is 12.1 Å². The highest BCUT2D eigenvalue weighted by molar-refractivity contribution is 5.84. The number of nitrogens with one attached hydrogen (secondary N) is 1. The Balaban J connectivity index is 2.36. The van der Waals surface area contributed by atoms with Crippen LogP contribution in [0.4, 0.5) is 4.79 Å². The zero-order valence-electron chi connectivity index (χ0n) is 7.96. The van der Waals surface area contributed by atoms with Crippen LogP contribution in [0.2, 0.25) is 0 Å². The number of rotatable bonds is 2. The van der Waals surface area contributed by atoms with Crippen LogP contribution < -0.4 is 11.1 Å². The van der Waals surface area contributed by atoms with E-state index in [0.717, 1.165) is 13.0 Å². The molecule has 1 rings (SSSR count). The number of urea groups is 1. The Kier molecular flexibility index (Phi) is 2.45. The molecular weight excluding hydrogens is 170 g/mol. The molecule has 1 aliphatic heterocycles. The van der Waals surface area contributed by atoms with Crippen LogP contribution in [-0.2, 0) is 4.79 Å². The van der Waals surface area contributed by atoms with Crippen molar-refractivity contribution in [2.45, 2.75) is 25.8 Å². The topological polar surface area (TPSA) is 75.4 Å². The maximum Gasteiger partial charge on any atom is 0.312 e. The standard InChI is InChI=1S/C8H15N3O2/c1-8(2)3-4-11(8)6(12)5-10-7(9)13/h3-5H2,1-2H3,(H3,9,10,13). The summed E-state index contributed by atoms with van der Waals surface area (Å²) in [5.74, 6) is -0.0740.